The van der Waals surface area contributed by atoms with Crippen molar-refractivity contribution in [3.63, 3.8) is 0 Å². The fraction of sp³-hybridized carbons (Fsp3) is 0.696. The second-order valence-electron chi connectivity index (χ2n) is 11.0. The van der Waals surface area contributed by atoms with Crippen LogP contribution in [-0.4, -0.2) is 82.5 Å². The van der Waals surface area contributed by atoms with E-state index in [9.17, 15) is 19.8 Å². The number of nitrogens with zero attached hydrogens (tertiary/aromatic N) is 6. The van der Waals surface area contributed by atoms with Crippen LogP contribution in [0.2, 0.25) is 0 Å². The highest BCUT2D eigenvalue weighted by atomic mass is 16.3. The van der Waals surface area contributed by atoms with Crippen molar-refractivity contribution in [2.45, 2.75) is 88.7 Å². The molecule has 2 aliphatic carbocycles. The van der Waals surface area contributed by atoms with E-state index in [1.54, 1.807) is 27.8 Å². The van der Waals surface area contributed by atoms with Crippen LogP contribution in [0.25, 0.3) is 0 Å². The predicted octanol–water partition coefficient (Wildman–Crippen LogP) is 0.392. The van der Waals surface area contributed by atoms with Gasteiger partial charge < -0.3 is 20.4 Å². The van der Waals surface area contributed by atoms with Gasteiger partial charge in [-0.1, -0.05) is 26.0 Å². The third-order valence-electron chi connectivity index (χ3n) is 7.17. The van der Waals surface area contributed by atoms with Crippen molar-refractivity contribution >= 4 is 11.8 Å². The summed E-state index contributed by atoms with van der Waals surface area (Å²) in [7, 11) is 0. The third kappa shape index (κ3) is 4.22. The molecule has 0 radical (unpaired) electrons. The van der Waals surface area contributed by atoms with Crippen molar-refractivity contribution in [2.75, 3.05) is 6.54 Å². The molecule has 6 unspecified atom stereocenters. The summed E-state index contributed by atoms with van der Waals surface area (Å²) >= 11 is 0. The number of carbonyl (C=O) groups is 2. The van der Waals surface area contributed by atoms with Crippen LogP contribution in [0.5, 0.6) is 0 Å². The van der Waals surface area contributed by atoms with E-state index in [2.05, 4.69) is 20.7 Å². The number of carbonyl (C=O) groups excluding carboxylic acids is 2. The van der Waals surface area contributed by atoms with Crippen molar-refractivity contribution in [3.05, 3.63) is 30.4 Å². The second-order valence-corrected chi connectivity index (χ2v) is 11.0. The maximum Gasteiger partial charge on any atom is 0.248 e. The number of aromatic nitrogens is 5. The van der Waals surface area contributed by atoms with Gasteiger partial charge in [-0.25, -0.2) is 4.68 Å². The summed E-state index contributed by atoms with van der Waals surface area (Å²) in [6.07, 6.45) is 6.59. The van der Waals surface area contributed by atoms with E-state index in [1.165, 1.54) is 4.90 Å². The molecule has 2 aromatic rings. The first-order chi connectivity index (χ1) is 16.1. The number of aliphatic hydroxyl groups excluding tert-OH is 2. The van der Waals surface area contributed by atoms with Crippen molar-refractivity contribution in [1.82, 2.24) is 35.0 Å². The normalized spacial score (nSPS) is 30.1. The Labute approximate surface area is 198 Å². The molecule has 0 bridgehead atoms. The van der Waals surface area contributed by atoms with Gasteiger partial charge in [0.1, 0.15) is 12.1 Å². The van der Waals surface area contributed by atoms with Crippen LogP contribution in [0.1, 0.15) is 70.2 Å². The van der Waals surface area contributed by atoms with E-state index in [-0.39, 0.29) is 36.9 Å². The van der Waals surface area contributed by atoms with Gasteiger partial charge in [-0.2, -0.15) is 5.10 Å². The molecule has 1 saturated heterocycles. The van der Waals surface area contributed by atoms with Gasteiger partial charge >= 0.3 is 0 Å². The fourth-order valence-corrected chi connectivity index (χ4v) is 5.18. The van der Waals surface area contributed by atoms with Crippen molar-refractivity contribution in [1.29, 1.82) is 0 Å². The number of amides is 2. The lowest BCUT2D eigenvalue weighted by molar-refractivity contribution is -0.145. The molecule has 6 atom stereocenters. The van der Waals surface area contributed by atoms with E-state index < -0.39 is 29.7 Å². The molecule has 3 N–H and O–H groups in total. The minimum atomic E-state index is -0.796. The Morgan fingerprint density at radius 2 is 1.97 bits per heavy atom. The molecule has 3 heterocycles. The Kier molecular flexibility index (Phi) is 5.71. The molecule has 3 fully saturated rings. The van der Waals surface area contributed by atoms with E-state index in [0.717, 1.165) is 18.5 Å². The van der Waals surface area contributed by atoms with Gasteiger partial charge in [0.25, 0.3) is 0 Å². The number of hydrogen-bond donors (Lipinski definition) is 3. The highest BCUT2D eigenvalue weighted by Gasteiger charge is 2.48. The lowest BCUT2D eigenvalue weighted by Crippen LogP contribution is -2.59. The first kappa shape index (κ1) is 23.0. The molecule has 1 aliphatic heterocycles. The Morgan fingerprint density at radius 1 is 1.21 bits per heavy atom. The van der Waals surface area contributed by atoms with Gasteiger partial charge in [0.2, 0.25) is 11.8 Å². The third-order valence-corrected chi connectivity index (χ3v) is 7.17. The monoisotopic (exact) mass is 471 g/mol. The molecule has 2 amide bonds. The van der Waals surface area contributed by atoms with Crippen molar-refractivity contribution in [2.24, 2.45) is 5.41 Å². The van der Waals surface area contributed by atoms with Crippen LogP contribution in [0.4, 0.5) is 0 Å². The Bertz CT molecular complexity index is 1040. The zero-order valence-electron chi connectivity index (χ0n) is 19.8. The highest BCUT2D eigenvalue weighted by Crippen LogP contribution is 2.40. The van der Waals surface area contributed by atoms with Crippen LogP contribution in [0.3, 0.4) is 0 Å². The summed E-state index contributed by atoms with van der Waals surface area (Å²) in [4.78, 5) is 28.6. The van der Waals surface area contributed by atoms with Gasteiger partial charge in [0.05, 0.1) is 30.0 Å². The molecular formula is C23H33N7O4. The zero-order chi connectivity index (χ0) is 24.2. The van der Waals surface area contributed by atoms with Gasteiger partial charge in [-0.15, -0.1) is 5.10 Å². The summed E-state index contributed by atoms with van der Waals surface area (Å²) in [6, 6.07) is -0.340. The molecule has 184 valence electrons. The second kappa shape index (κ2) is 8.46. The van der Waals surface area contributed by atoms with Crippen LogP contribution in [0.15, 0.2) is 24.7 Å². The average Bonchev–Trinajstić information content (AvgIpc) is 3.12. The summed E-state index contributed by atoms with van der Waals surface area (Å²) in [5.41, 5.74) is 0.412. The number of aliphatic hydroxyl groups is 2. The summed E-state index contributed by atoms with van der Waals surface area (Å²) in [5.74, 6) is -0.172. The topological polar surface area (TPSA) is 138 Å². The molecule has 3 aliphatic rings. The SMILES string of the molecule is CC(C)(C)C(C(=O)N1CC(O)CC1C(=O)NC1CC(O)C1n1cccn1)n1cc(C2CC2)nn1. The molecule has 11 nitrogen and oxygen atoms in total. The Hall–Kier alpha value is -2.79. The van der Waals surface area contributed by atoms with Crippen molar-refractivity contribution in [3.8, 4) is 0 Å². The Morgan fingerprint density at radius 3 is 2.59 bits per heavy atom. The average molecular weight is 472 g/mol. The van der Waals surface area contributed by atoms with Crippen LogP contribution < -0.4 is 5.32 Å². The summed E-state index contributed by atoms with van der Waals surface area (Å²) in [5, 5.41) is 36.3. The summed E-state index contributed by atoms with van der Waals surface area (Å²) < 4.78 is 3.26. The number of rotatable bonds is 6. The summed E-state index contributed by atoms with van der Waals surface area (Å²) in [6.45, 7) is 5.96. The van der Waals surface area contributed by atoms with Crippen LogP contribution in [0, 0.1) is 5.41 Å². The predicted molar refractivity (Wildman–Crippen MR) is 120 cm³/mol. The number of nitrogens with one attached hydrogen (secondary N) is 1. The molecule has 5 rings (SSSR count). The minimum absolute atomic E-state index is 0.0869. The largest absolute Gasteiger partial charge is 0.391 e. The fourth-order valence-electron chi connectivity index (χ4n) is 5.18. The molecule has 2 saturated carbocycles. The molecule has 11 heteroatoms. The van der Waals surface area contributed by atoms with Gasteiger partial charge in [-0.05, 0) is 30.7 Å². The quantitative estimate of drug-likeness (QED) is 0.554. The molecule has 0 spiro atoms. The standard InChI is InChI=1S/C23H33N7O4/c1-23(2,3)20(30-12-16(26-27-30)13-5-6-13)22(34)28-11-14(31)9-17(28)21(33)25-15-10-18(32)19(15)29-8-4-7-24-29/h4,7-8,12-15,17-20,31-32H,5-6,9-11H2,1-3H3,(H,25,33). The number of hydrogen-bond acceptors (Lipinski definition) is 7. The van der Waals surface area contributed by atoms with E-state index in [4.69, 9.17) is 0 Å². The molecule has 0 aromatic carbocycles. The van der Waals surface area contributed by atoms with E-state index >= 15 is 0 Å². The first-order valence-electron chi connectivity index (χ1n) is 12.0. The van der Waals surface area contributed by atoms with Crippen molar-refractivity contribution < 1.29 is 19.8 Å². The van der Waals surface area contributed by atoms with Gasteiger partial charge in [0, 0.05) is 37.5 Å². The van der Waals surface area contributed by atoms with Gasteiger partial charge in [-0.3, -0.25) is 14.3 Å². The molecular weight excluding hydrogens is 438 g/mol. The molecule has 34 heavy (non-hydrogen) atoms. The van der Waals surface area contributed by atoms with E-state index in [1.807, 2.05) is 27.0 Å². The van der Waals surface area contributed by atoms with Crippen LogP contribution >= 0.6 is 0 Å². The highest BCUT2D eigenvalue weighted by molar-refractivity contribution is 5.90. The van der Waals surface area contributed by atoms with Crippen LogP contribution in [-0.2, 0) is 9.59 Å². The lowest BCUT2D eigenvalue weighted by atomic mass is 9.82. The maximum atomic E-state index is 13.8. The zero-order valence-corrected chi connectivity index (χ0v) is 19.8. The first-order valence-corrected chi connectivity index (χ1v) is 12.0. The lowest BCUT2D eigenvalue weighted by Gasteiger charge is -2.42. The maximum absolute atomic E-state index is 13.8. The van der Waals surface area contributed by atoms with E-state index in [0.29, 0.717) is 12.3 Å². The smallest absolute Gasteiger partial charge is 0.248 e. The Balaban J connectivity index is 1.33. The number of likely N-dealkylation sites (tertiary alicyclic amines) is 1. The van der Waals surface area contributed by atoms with Gasteiger partial charge in [0.15, 0.2) is 0 Å². The minimum Gasteiger partial charge on any atom is -0.391 e. The molecule has 2 aromatic heterocycles. The number of β-amino-alcohol motifs (C(OH)–C–C–N with tert-alkyl or cyclic N) is 1.